The summed E-state index contributed by atoms with van der Waals surface area (Å²) in [6.45, 7) is 4.64. The summed E-state index contributed by atoms with van der Waals surface area (Å²) >= 11 is 0. The second-order valence-electron chi connectivity index (χ2n) is 9.77. The number of β-amino-alcohol motifs (C(OH)–C–C–N with tert-alkyl or cyclic N) is 1. The molecule has 2 atom stereocenters. The van der Waals surface area contributed by atoms with Gasteiger partial charge in [-0.2, -0.15) is 0 Å². The standard InChI is InChI=1S/C30H33NO4/c1-21-16-27(30(33)35-21)18-26-8-4-5-9-29(26)34-20-28(32)19-31-14-12-23(13-15-31)25-11-10-22-6-2-3-7-24(22)17-25/h2-11,17-18,21,23,28,32H,12-16,19-20H2,1H3/b27-18-/t21?,28-/m0/s1. The SMILES string of the molecule is CC1C/C(=C/c2ccccc2OC[C@@H](O)CN2CCC(c3ccc4ccccc4c3)CC2)C(=O)O1. The molecular formula is C30H33NO4. The van der Waals surface area contributed by atoms with E-state index < -0.39 is 6.10 Å². The molecular weight excluding hydrogens is 438 g/mol. The maximum absolute atomic E-state index is 12.0. The van der Waals surface area contributed by atoms with Crippen molar-refractivity contribution in [3.63, 3.8) is 0 Å². The molecule has 2 saturated heterocycles. The number of rotatable bonds is 7. The normalized spacial score (nSPS) is 21.4. The number of carbonyl (C=O) groups is 1. The topological polar surface area (TPSA) is 59.0 Å². The van der Waals surface area contributed by atoms with Crippen molar-refractivity contribution >= 4 is 22.8 Å². The number of piperidine rings is 1. The van der Waals surface area contributed by atoms with E-state index in [9.17, 15) is 9.90 Å². The molecule has 5 rings (SSSR count). The lowest BCUT2D eigenvalue weighted by molar-refractivity contribution is -0.138. The number of hydrogen-bond acceptors (Lipinski definition) is 5. The Kier molecular flexibility index (Phi) is 7.16. The number of ether oxygens (including phenoxy) is 2. The van der Waals surface area contributed by atoms with Gasteiger partial charge in [0, 0.05) is 24.1 Å². The van der Waals surface area contributed by atoms with Gasteiger partial charge in [-0.1, -0.05) is 60.7 Å². The summed E-state index contributed by atoms with van der Waals surface area (Å²) in [6, 6.07) is 22.9. The third kappa shape index (κ3) is 5.75. The summed E-state index contributed by atoms with van der Waals surface area (Å²) in [4.78, 5) is 14.3. The van der Waals surface area contributed by atoms with Crippen LogP contribution in [0.25, 0.3) is 16.8 Å². The Balaban J connectivity index is 1.13. The highest BCUT2D eigenvalue weighted by Gasteiger charge is 2.26. The summed E-state index contributed by atoms with van der Waals surface area (Å²) < 4.78 is 11.2. The maximum atomic E-state index is 12.0. The van der Waals surface area contributed by atoms with Crippen molar-refractivity contribution < 1.29 is 19.4 Å². The van der Waals surface area contributed by atoms with Crippen LogP contribution in [0.5, 0.6) is 5.75 Å². The van der Waals surface area contributed by atoms with Crippen molar-refractivity contribution in [3.8, 4) is 5.75 Å². The fourth-order valence-corrected chi connectivity index (χ4v) is 5.18. The minimum absolute atomic E-state index is 0.0889. The minimum Gasteiger partial charge on any atom is -0.490 e. The highest BCUT2D eigenvalue weighted by molar-refractivity contribution is 5.96. The van der Waals surface area contributed by atoms with Gasteiger partial charge in [0.2, 0.25) is 0 Å². The Hall–Kier alpha value is -3.15. The first kappa shape index (κ1) is 23.6. The van der Waals surface area contributed by atoms with Crippen molar-refractivity contribution in [1.82, 2.24) is 4.90 Å². The average molecular weight is 472 g/mol. The number of cyclic esters (lactones) is 1. The Morgan fingerprint density at radius 2 is 1.80 bits per heavy atom. The van der Waals surface area contributed by atoms with Gasteiger partial charge in [0.1, 0.15) is 24.6 Å². The number of para-hydroxylation sites is 1. The first-order chi connectivity index (χ1) is 17.0. The van der Waals surface area contributed by atoms with Crippen molar-refractivity contribution in [2.45, 2.75) is 44.3 Å². The largest absolute Gasteiger partial charge is 0.490 e. The van der Waals surface area contributed by atoms with E-state index in [4.69, 9.17) is 9.47 Å². The van der Waals surface area contributed by atoms with E-state index in [0.29, 0.717) is 30.2 Å². The Morgan fingerprint density at radius 3 is 2.57 bits per heavy atom. The third-order valence-electron chi connectivity index (χ3n) is 7.06. The molecule has 0 radical (unpaired) electrons. The number of aliphatic hydroxyl groups excluding tert-OH is 1. The zero-order valence-corrected chi connectivity index (χ0v) is 20.2. The van der Waals surface area contributed by atoms with E-state index in [1.165, 1.54) is 16.3 Å². The van der Waals surface area contributed by atoms with Gasteiger partial charge >= 0.3 is 5.97 Å². The number of nitrogens with zero attached hydrogens (tertiary/aromatic N) is 1. The molecule has 0 aromatic heterocycles. The van der Waals surface area contributed by atoms with Crippen LogP contribution in [-0.4, -0.2) is 54.4 Å². The van der Waals surface area contributed by atoms with E-state index in [1.54, 1.807) is 0 Å². The lowest BCUT2D eigenvalue weighted by Crippen LogP contribution is -2.40. The van der Waals surface area contributed by atoms with Gasteiger partial charge in [0.25, 0.3) is 0 Å². The second-order valence-corrected chi connectivity index (χ2v) is 9.77. The van der Waals surface area contributed by atoms with Crippen LogP contribution < -0.4 is 4.74 Å². The van der Waals surface area contributed by atoms with Crippen LogP contribution in [-0.2, 0) is 9.53 Å². The molecule has 5 heteroatoms. The number of benzene rings is 3. The minimum atomic E-state index is -0.579. The van der Waals surface area contributed by atoms with Crippen LogP contribution in [0, 0.1) is 0 Å². The molecule has 0 spiro atoms. The Bertz CT molecular complexity index is 1210. The summed E-state index contributed by atoms with van der Waals surface area (Å²) in [5, 5.41) is 13.2. The van der Waals surface area contributed by atoms with Crippen molar-refractivity contribution in [2.75, 3.05) is 26.2 Å². The molecule has 1 N–H and O–H groups in total. The van der Waals surface area contributed by atoms with Gasteiger partial charge in [0.05, 0.1) is 0 Å². The van der Waals surface area contributed by atoms with Crippen LogP contribution >= 0.6 is 0 Å². The summed E-state index contributed by atoms with van der Waals surface area (Å²) in [7, 11) is 0. The molecule has 0 aliphatic carbocycles. The van der Waals surface area contributed by atoms with Gasteiger partial charge in [-0.25, -0.2) is 4.79 Å². The Morgan fingerprint density at radius 1 is 1.06 bits per heavy atom. The highest BCUT2D eigenvalue weighted by Crippen LogP contribution is 2.31. The third-order valence-corrected chi connectivity index (χ3v) is 7.06. The predicted octanol–water partition coefficient (Wildman–Crippen LogP) is 5.18. The van der Waals surface area contributed by atoms with Crippen molar-refractivity contribution in [1.29, 1.82) is 0 Å². The molecule has 0 saturated carbocycles. The monoisotopic (exact) mass is 471 g/mol. The molecule has 2 heterocycles. The number of hydrogen-bond donors (Lipinski definition) is 1. The smallest absolute Gasteiger partial charge is 0.334 e. The number of carbonyl (C=O) groups excluding carboxylic acids is 1. The number of fused-ring (bicyclic) bond motifs is 1. The van der Waals surface area contributed by atoms with Gasteiger partial charge in [-0.05, 0) is 67.3 Å². The fourth-order valence-electron chi connectivity index (χ4n) is 5.18. The number of aliphatic hydroxyl groups is 1. The van der Waals surface area contributed by atoms with Crippen molar-refractivity contribution in [3.05, 3.63) is 83.4 Å². The quantitative estimate of drug-likeness (QED) is 0.380. The molecule has 3 aromatic rings. The second kappa shape index (κ2) is 10.6. The molecule has 0 bridgehead atoms. The van der Waals surface area contributed by atoms with Crippen LogP contribution in [0.2, 0.25) is 0 Å². The molecule has 2 aliphatic rings. The number of esters is 1. The molecule has 5 nitrogen and oxygen atoms in total. The molecule has 3 aromatic carbocycles. The molecule has 2 aliphatic heterocycles. The van der Waals surface area contributed by atoms with E-state index in [0.717, 1.165) is 31.5 Å². The molecule has 0 amide bonds. The lowest BCUT2D eigenvalue weighted by Gasteiger charge is -2.33. The zero-order chi connectivity index (χ0) is 24.2. The number of likely N-dealkylation sites (tertiary alicyclic amines) is 1. The van der Waals surface area contributed by atoms with Gasteiger partial charge in [0.15, 0.2) is 0 Å². The van der Waals surface area contributed by atoms with E-state index in [2.05, 4.69) is 47.4 Å². The average Bonchev–Trinajstić information content (AvgIpc) is 3.20. The molecule has 2 fully saturated rings. The molecule has 182 valence electrons. The molecule has 1 unspecified atom stereocenters. The van der Waals surface area contributed by atoms with Gasteiger partial charge < -0.3 is 19.5 Å². The zero-order valence-electron chi connectivity index (χ0n) is 20.2. The van der Waals surface area contributed by atoms with E-state index >= 15 is 0 Å². The van der Waals surface area contributed by atoms with Gasteiger partial charge in [-0.3, -0.25) is 0 Å². The maximum Gasteiger partial charge on any atom is 0.334 e. The predicted molar refractivity (Wildman–Crippen MR) is 138 cm³/mol. The Labute approximate surface area is 207 Å². The van der Waals surface area contributed by atoms with Crippen LogP contribution in [0.1, 0.15) is 43.2 Å². The summed E-state index contributed by atoms with van der Waals surface area (Å²) in [5.41, 5.74) is 2.90. The fraction of sp³-hybridized carbons (Fsp3) is 0.367. The van der Waals surface area contributed by atoms with Crippen LogP contribution in [0.15, 0.2) is 72.3 Å². The summed E-state index contributed by atoms with van der Waals surface area (Å²) in [6.07, 6.45) is 3.96. The van der Waals surface area contributed by atoms with E-state index in [-0.39, 0.29) is 18.7 Å². The lowest BCUT2D eigenvalue weighted by atomic mass is 9.88. The molecule has 35 heavy (non-hydrogen) atoms. The first-order valence-electron chi connectivity index (χ1n) is 12.6. The van der Waals surface area contributed by atoms with E-state index in [1.807, 2.05) is 37.3 Å². The summed E-state index contributed by atoms with van der Waals surface area (Å²) in [5.74, 6) is 0.968. The van der Waals surface area contributed by atoms with Crippen LogP contribution in [0.4, 0.5) is 0 Å². The highest BCUT2D eigenvalue weighted by atomic mass is 16.5. The van der Waals surface area contributed by atoms with Crippen molar-refractivity contribution in [2.24, 2.45) is 0 Å². The van der Waals surface area contributed by atoms with Crippen LogP contribution in [0.3, 0.4) is 0 Å². The first-order valence-corrected chi connectivity index (χ1v) is 12.6. The van der Waals surface area contributed by atoms with Gasteiger partial charge in [-0.15, -0.1) is 0 Å².